The molecule has 18 heavy (non-hydrogen) atoms. The Bertz CT molecular complexity index is 396. The van der Waals surface area contributed by atoms with Crippen LogP contribution in [0.4, 0.5) is 0 Å². The molecule has 1 unspecified atom stereocenters. The summed E-state index contributed by atoms with van der Waals surface area (Å²) >= 11 is 5.81. The molecular formula is C13H18ClNO3. The molecule has 0 fully saturated rings. The van der Waals surface area contributed by atoms with Crippen molar-refractivity contribution in [1.82, 2.24) is 4.90 Å². The van der Waals surface area contributed by atoms with Crippen LogP contribution >= 0.6 is 11.6 Å². The van der Waals surface area contributed by atoms with E-state index in [1.807, 2.05) is 0 Å². The van der Waals surface area contributed by atoms with Gasteiger partial charge >= 0.3 is 0 Å². The number of hydrogen-bond acceptors (Lipinski definition) is 3. The van der Waals surface area contributed by atoms with Crippen LogP contribution in [0, 0.1) is 0 Å². The van der Waals surface area contributed by atoms with Gasteiger partial charge in [-0.1, -0.05) is 17.7 Å². The second-order valence-corrected chi connectivity index (χ2v) is 4.62. The number of nitrogens with zero attached hydrogens (tertiary/aromatic N) is 1. The van der Waals surface area contributed by atoms with E-state index in [2.05, 4.69) is 0 Å². The average Bonchev–Trinajstić information content (AvgIpc) is 2.28. The number of ether oxygens (including phenoxy) is 1. The summed E-state index contributed by atoms with van der Waals surface area (Å²) in [7, 11) is 1.66. The summed E-state index contributed by atoms with van der Waals surface area (Å²) in [5.74, 6) is 0.589. The van der Waals surface area contributed by atoms with Gasteiger partial charge in [0.05, 0.1) is 19.1 Å². The molecule has 5 heteroatoms. The molecule has 0 saturated heterocycles. The molecule has 0 saturated carbocycles. The second kappa shape index (κ2) is 7.24. The number of benzene rings is 1. The number of aliphatic hydroxyl groups is 1. The molecule has 100 valence electrons. The van der Waals surface area contributed by atoms with Gasteiger partial charge in [-0.15, -0.1) is 0 Å². The Morgan fingerprint density at radius 2 is 2.28 bits per heavy atom. The first-order chi connectivity index (χ1) is 8.49. The van der Waals surface area contributed by atoms with Crippen molar-refractivity contribution in [2.24, 2.45) is 0 Å². The Balaban J connectivity index is 2.31. The van der Waals surface area contributed by atoms with E-state index in [9.17, 15) is 4.79 Å². The summed E-state index contributed by atoms with van der Waals surface area (Å²) in [5.41, 5.74) is 0. The van der Waals surface area contributed by atoms with E-state index in [-0.39, 0.29) is 12.3 Å². The van der Waals surface area contributed by atoms with Crippen molar-refractivity contribution < 1.29 is 14.6 Å². The highest BCUT2D eigenvalue weighted by molar-refractivity contribution is 6.30. The summed E-state index contributed by atoms with van der Waals surface area (Å²) in [5, 5.41) is 9.77. The highest BCUT2D eigenvalue weighted by atomic mass is 35.5. The first-order valence-corrected chi connectivity index (χ1v) is 6.17. The molecule has 1 atom stereocenters. The quantitative estimate of drug-likeness (QED) is 0.860. The summed E-state index contributed by atoms with van der Waals surface area (Å²) in [6.45, 7) is 2.27. The third-order valence-electron chi connectivity index (χ3n) is 2.34. The lowest BCUT2D eigenvalue weighted by atomic mass is 10.3. The highest BCUT2D eigenvalue weighted by Crippen LogP contribution is 2.17. The fraction of sp³-hybridized carbons (Fsp3) is 0.462. The molecule has 0 aliphatic rings. The van der Waals surface area contributed by atoms with Gasteiger partial charge in [-0.25, -0.2) is 0 Å². The maximum Gasteiger partial charge on any atom is 0.225 e. The van der Waals surface area contributed by atoms with Crippen molar-refractivity contribution in [2.75, 3.05) is 20.2 Å². The van der Waals surface area contributed by atoms with Gasteiger partial charge < -0.3 is 14.7 Å². The monoisotopic (exact) mass is 271 g/mol. The molecule has 0 heterocycles. The van der Waals surface area contributed by atoms with Crippen LogP contribution < -0.4 is 4.74 Å². The van der Waals surface area contributed by atoms with E-state index < -0.39 is 6.10 Å². The smallest absolute Gasteiger partial charge is 0.225 e. The molecule has 0 aliphatic carbocycles. The molecule has 0 aliphatic heterocycles. The maximum atomic E-state index is 11.6. The Morgan fingerprint density at radius 1 is 1.56 bits per heavy atom. The number of halogens is 1. The maximum absolute atomic E-state index is 11.6. The SMILES string of the molecule is CC(O)CN(C)C(=O)CCOc1cccc(Cl)c1. The largest absolute Gasteiger partial charge is 0.493 e. The lowest BCUT2D eigenvalue weighted by molar-refractivity contribution is -0.131. The van der Waals surface area contributed by atoms with E-state index in [0.717, 1.165) is 0 Å². The number of amides is 1. The molecule has 1 aromatic carbocycles. The minimum Gasteiger partial charge on any atom is -0.493 e. The first kappa shape index (κ1) is 14.8. The summed E-state index contributed by atoms with van der Waals surface area (Å²) in [6, 6.07) is 7.04. The van der Waals surface area contributed by atoms with Crippen molar-refractivity contribution in [3.63, 3.8) is 0 Å². The Kier molecular flexibility index (Phi) is 5.95. The van der Waals surface area contributed by atoms with Crippen LogP contribution in [-0.4, -0.2) is 42.2 Å². The fourth-order valence-corrected chi connectivity index (χ4v) is 1.68. The minimum absolute atomic E-state index is 0.0575. The van der Waals surface area contributed by atoms with Crippen LogP contribution in [0.3, 0.4) is 0 Å². The van der Waals surface area contributed by atoms with E-state index in [4.69, 9.17) is 21.4 Å². The molecule has 1 N–H and O–H groups in total. The molecule has 0 bridgehead atoms. The van der Waals surface area contributed by atoms with Crippen LogP contribution in [-0.2, 0) is 4.79 Å². The first-order valence-electron chi connectivity index (χ1n) is 5.79. The van der Waals surface area contributed by atoms with Crippen molar-refractivity contribution in [3.8, 4) is 5.75 Å². The van der Waals surface area contributed by atoms with Gasteiger partial charge in [-0.05, 0) is 25.1 Å². The summed E-state index contributed by atoms with van der Waals surface area (Å²) in [6.07, 6.45) is -0.247. The number of likely N-dealkylation sites (N-methyl/N-ethyl adjacent to an activating group) is 1. The zero-order valence-electron chi connectivity index (χ0n) is 10.6. The molecule has 1 rings (SSSR count). The van der Waals surface area contributed by atoms with E-state index in [1.54, 1.807) is 38.2 Å². The molecule has 0 aromatic heterocycles. The molecule has 0 spiro atoms. The summed E-state index contributed by atoms with van der Waals surface area (Å²) < 4.78 is 5.42. The minimum atomic E-state index is -0.521. The molecule has 1 aromatic rings. The van der Waals surface area contributed by atoms with Crippen LogP contribution in [0.2, 0.25) is 5.02 Å². The Morgan fingerprint density at radius 3 is 2.89 bits per heavy atom. The van der Waals surface area contributed by atoms with Crippen LogP contribution in [0.25, 0.3) is 0 Å². The van der Waals surface area contributed by atoms with Crippen molar-refractivity contribution >= 4 is 17.5 Å². The Labute approximate surface area is 112 Å². The molecule has 0 radical (unpaired) electrons. The lowest BCUT2D eigenvalue weighted by Crippen LogP contribution is -2.33. The average molecular weight is 272 g/mol. The van der Waals surface area contributed by atoms with Crippen LogP contribution in [0.5, 0.6) is 5.75 Å². The third-order valence-corrected chi connectivity index (χ3v) is 2.58. The zero-order valence-corrected chi connectivity index (χ0v) is 11.4. The van der Waals surface area contributed by atoms with Gasteiger partial charge in [-0.2, -0.15) is 0 Å². The van der Waals surface area contributed by atoms with E-state index in [0.29, 0.717) is 23.9 Å². The van der Waals surface area contributed by atoms with Gasteiger partial charge in [0.25, 0.3) is 0 Å². The number of aliphatic hydroxyl groups excluding tert-OH is 1. The standard InChI is InChI=1S/C13H18ClNO3/c1-10(16)9-15(2)13(17)6-7-18-12-5-3-4-11(14)8-12/h3-5,8,10,16H,6-7,9H2,1-2H3. The van der Waals surface area contributed by atoms with Crippen LogP contribution in [0.1, 0.15) is 13.3 Å². The van der Waals surface area contributed by atoms with Gasteiger partial charge in [0.1, 0.15) is 5.75 Å². The lowest BCUT2D eigenvalue weighted by Gasteiger charge is -2.18. The zero-order chi connectivity index (χ0) is 13.5. The van der Waals surface area contributed by atoms with Crippen molar-refractivity contribution in [3.05, 3.63) is 29.3 Å². The van der Waals surface area contributed by atoms with Gasteiger partial charge in [0, 0.05) is 18.6 Å². The van der Waals surface area contributed by atoms with E-state index >= 15 is 0 Å². The van der Waals surface area contributed by atoms with E-state index in [1.165, 1.54) is 4.90 Å². The number of carbonyl (C=O) groups excluding carboxylic acids is 1. The number of hydrogen-bond donors (Lipinski definition) is 1. The number of rotatable bonds is 6. The number of carbonyl (C=O) groups is 1. The molecule has 4 nitrogen and oxygen atoms in total. The molecule has 1 amide bonds. The highest BCUT2D eigenvalue weighted by Gasteiger charge is 2.10. The van der Waals surface area contributed by atoms with Crippen molar-refractivity contribution in [1.29, 1.82) is 0 Å². The van der Waals surface area contributed by atoms with Gasteiger partial charge in [0.2, 0.25) is 5.91 Å². The predicted octanol–water partition coefficient (Wildman–Crippen LogP) is 1.95. The fourth-order valence-electron chi connectivity index (χ4n) is 1.50. The van der Waals surface area contributed by atoms with Gasteiger partial charge in [-0.3, -0.25) is 4.79 Å². The van der Waals surface area contributed by atoms with Gasteiger partial charge in [0.15, 0.2) is 0 Å². The second-order valence-electron chi connectivity index (χ2n) is 4.18. The normalized spacial score (nSPS) is 12.0. The predicted molar refractivity (Wildman–Crippen MR) is 70.9 cm³/mol. The van der Waals surface area contributed by atoms with Crippen LogP contribution in [0.15, 0.2) is 24.3 Å². The summed E-state index contributed by atoms with van der Waals surface area (Å²) in [4.78, 5) is 13.1. The van der Waals surface area contributed by atoms with Crippen molar-refractivity contribution in [2.45, 2.75) is 19.4 Å². The topological polar surface area (TPSA) is 49.8 Å². The Hall–Kier alpha value is -1.26. The molecular weight excluding hydrogens is 254 g/mol. The third kappa shape index (κ3) is 5.38.